The van der Waals surface area contributed by atoms with Crippen LogP contribution in [0.5, 0.6) is 0 Å². The Hall–Kier alpha value is -5.18. The molecule has 0 aliphatic rings. The molecule has 0 saturated heterocycles. The number of benzene rings is 3. The van der Waals surface area contributed by atoms with Gasteiger partial charge in [0, 0.05) is 18.7 Å². The second-order valence-electron chi connectivity index (χ2n) is 9.94. The van der Waals surface area contributed by atoms with E-state index in [4.69, 9.17) is 26.8 Å². The lowest BCUT2D eigenvalue weighted by molar-refractivity contribution is -0.192. The molecule has 0 radical (unpaired) electrons. The number of halogens is 3. The van der Waals surface area contributed by atoms with Crippen LogP contribution in [0.1, 0.15) is 25.3 Å². The molecule has 12 nitrogen and oxygen atoms in total. The molecule has 0 fully saturated rings. The van der Waals surface area contributed by atoms with Crippen LogP contribution in [0.25, 0.3) is 10.8 Å². The van der Waals surface area contributed by atoms with Crippen molar-refractivity contribution >= 4 is 46.1 Å². The van der Waals surface area contributed by atoms with Crippen molar-refractivity contribution in [2.45, 2.75) is 50.5 Å². The number of carbonyl (C=O) groups excluding carboxylic acids is 3. The molecule has 10 N–H and O–H groups in total. The van der Waals surface area contributed by atoms with E-state index in [1.54, 1.807) is 6.07 Å². The average molecular weight is 632 g/mol. The molecule has 0 saturated carbocycles. The first-order valence-corrected chi connectivity index (χ1v) is 13.7. The Balaban J connectivity index is 0.000000900. The van der Waals surface area contributed by atoms with E-state index in [0.717, 1.165) is 16.3 Å². The third kappa shape index (κ3) is 12.9. The molecule has 0 aromatic heterocycles. The van der Waals surface area contributed by atoms with Crippen molar-refractivity contribution < 1.29 is 37.5 Å². The number of carboxylic acids is 1. The van der Waals surface area contributed by atoms with E-state index in [9.17, 15) is 27.6 Å². The van der Waals surface area contributed by atoms with Crippen LogP contribution in [0.4, 0.5) is 18.9 Å². The molecule has 15 heteroatoms. The highest BCUT2D eigenvalue weighted by atomic mass is 19.4. The maximum Gasteiger partial charge on any atom is 0.490 e. The van der Waals surface area contributed by atoms with Gasteiger partial charge in [-0.1, -0.05) is 60.7 Å². The highest BCUT2D eigenvalue weighted by Gasteiger charge is 2.38. The normalized spacial score (nSPS) is 12.8. The smallest absolute Gasteiger partial charge is 0.475 e. The summed E-state index contributed by atoms with van der Waals surface area (Å²) in [6.07, 6.45) is -4.11. The fourth-order valence-electron chi connectivity index (χ4n) is 3.93. The number of fused-ring (bicyclic) bond motifs is 1. The standard InChI is InChI=1S/C28H35N7O3.C2HF3O2/c1-18(29)25(36)35-24(16-19-8-3-2-4-9-19)27(38)34-23(12-7-15-32-28(30)31)26(37)33-22-14-13-20-10-5-6-11-21(20)17-22;3-2(4,5)1(6)7/h2-6,8-11,13-14,17-18,23-24H,7,12,15-16,29H2,1H3,(H,33,37)(H,34,38)(H,35,36)(H4,30,31,32);(H,6,7)/t18-,23-,24-;/m0./s1. The van der Waals surface area contributed by atoms with E-state index >= 15 is 0 Å². The van der Waals surface area contributed by atoms with Crippen molar-refractivity contribution in [1.29, 1.82) is 5.41 Å². The fourth-order valence-corrected chi connectivity index (χ4v) is 3.93. The van der Waals surface area contributed by atoms with Gasteiger partial charge in [0.05, 0.1) is 6.04 Å². The summed E-state index contributed by atoms with van der Waals surface area (Å²) in [6, 6.07) is 20.0. The summed E-state index contributed by atoms with van der Waals surface area (Å²) in [5.41, 5.74) is 12.5. The molecule has 0 unspecified atom stereocenters. The predicted molar refractivity (Wildman–Crippen MR) is 163 cm³/mol. The minimum atomic E-state index is -5.08. The van der Waals surface area contributed by atoms with Crippen LogP contribution in [-0.4, -0.2) is 65.6 Å². The lowest BCUT2D eigenvalue weighted by atomic mass is 10.0. The molecule has 3 aromatic carbocycles. The summed E-state index contributed by atoms with van der Waals surface area (Å²) in [5.74, 6) is -4.29. The van der Waals surface area contributed by atoms with Crippen LogP contribution in [0, 0.1) is 5.41 Å². The Labute approximate surface area is 257 Å². The molecular weight excluding hydrogens is 595 g/mol. The Morgan fingerprint density at radius 2 is 1.44 bits per heavy atom. The first-order valence-electron chi connectivity index (χ1n) is 13.7. The zero-order valence-corrected chi connectivity index (χ0v) is 24.4. The van der Waals surface area contributed by atoms with Gasteiger partial charge in [0.25, 0.3) is 0 Å². The number of carboxylic acid groups (broad SMARTS) is 1. The molecule has 0 aliphatic carbocycles. The summed E-state index contributed by atoms with van der Waals surface area (Å²) in [7, 11) is 0. The monoisotopic (exact) mass is 631 g/mol. The number of anilines is 1. The lowest BCUT2D eigenvalue weighted by Gasteiger charge is -2.24. The zero-order chi connectivity index (χ0) is 33.6. The van der Waals surface area contributed by atoms with Gasteiger partial charge in [-0.3, -0.25) is 19.8 Å². The Morgan fingerprint density at radius 3 is 2.02 bits per heavy atom. The van der Waals surface area contributed by atoms with Gasteiger partial charge in [0.2, 0.25) is 17.7 Å². The molecule has 3 atom stereocenters. The van der Waals surface area contributed by atoms with Crippen LogP contribution < -0.4 is 32.7 Å². The molecule has 242 valence electrons. The van der Waals surface area contributed by atoms with Crippen LogP contribution in [0.2, 0.25) is 0 Å². The first kappa shape index (κ1) is 36.0. The van der Waals surface area contributed by atoms with Gasteiger partial charge in [0.1, 0.15) is 12.1 Å². The number of alkyl halides is 3. The number of guanidine groups is 1. The minimum absolute atomic E-state index is 0.173. The summed E-state index contributed by atoms with van der Waals surface area (Å²) < 4.78 is 31.7. The van der Waals surface area contributed by atoms with Crippen molar-refractivity contribution in [2.24, 2.45) is 11.5 Å². The van der Waals surface area contributed by atoms with E-state index in [2.05, 4.69) is 21.3 Å². The number of hydrogen-bond donors (Lipinski definition) is 8. The number of rotatable bonds is 12. The Bertz CT molecular complexity index is 1470. The molecule has 0 spiro atoms. The van der Waals surface area contributed by atoms with Crippen molar-refractivity contribution in [3.05, 3.63) is 78.4 Å². The van der Waals surface area contributed by atoms with Gasteiger partial charge in [-0.15, -0.1) is 0 Å². The lowest BCUT2D eigenvalue weighted by Crippen LogP contribution is -2.55. The molecule has 0 heterocycles. The maximum absolute atomic E-state index is 13.4. The first-order chi connectivity index (χ1) is 21.2. The van der Waals surface area contributed by atoms with E-state index in [1.807, 2.05) is 66.7 Å². The van der Waals surface area contributed by atoms with Crippen molar-refractivity contribution in [1.82, 2.24) is 16.0 Å². The van der Waals surface area contributed by atoms with Crippen molar-refractivity contribution in [2.75, 3.05) is 11.9 Å². The molecular formula is C30H36F3N7O5. The quantitative estimate of drug-likeness (QED) is 0.0841. The van der Waals surface area contributed by atoms with Gasteiger partial charge in [-0.25, -0.2) is 4.79 Å². The molecule has 3 rings (SSSR count). The second-order valence-corrected chi connectivity index (χ2v) is 9.94. The second kappa shape index (κ2) is 17.2. The molecule has 0 bridgehead atoms. The summed E-state index contributed by atoms with van der Waals surface area (Å²) in [5, 5.41) is 27.6. The summed E-state index contributed by atoms with van der Waals surface area (Å²) in [4.78, 5) is 47.9. The maximum atomic E-state index is 13.4. The molecule has 3 aromatic rings. The van der Waals surface area contributed by atoms with Gasteiger partial charge >= 0.3 is 12.1 Å². The number of nitrogens with one attached hydrogen (secondary N) is 5. The molecule has 45 heavy (non-hydrogen) atoms. The number of nitrogens with two attached hydrogens (primary N) is 2. The summed E-state index contributed by atoms with van der Waals surface area (Å²) in [6.45, 7) is 1.90. The number of hydrogen-bond acceptors (Lipinski definition) is 6. The van der Waals surface area contributed by atoms with Gasteiger partial charge in [0.15, 0.2) is 5.96 Å². The van der Waals surface area contributed by atoms with Gasteiger partial charge in [-0.2, -0.15) is 13.2 Å². The van der Waals surface area contributed by atoms with Crippen molar-refractivity contribution in [3.8, 4) is 0 Å². The molecule has 0 aliphatic heterocycles. The predicted octanol–water partition coefficient (Wildman–Crippen LogP) is 2.23. The fraction of sp³-hybridized carbons (Fsp3) is 0.300. The van der Waals surface area contributed by atoms with Crippen LogP contribution in [0.15, 0.2) is 72.8 Å². The number of amides is 3. The van der Waals surface area contributed by atoms with Crippen LogP contribution in [-0.2, 0) is 25.6 Å². The highest BCUT2D eigenvalue weighted by molar-refractivity contribution is 6.00. The van der Waals surface area contributed by atoms with Gasteiger partial charge in [-0.05, 0) is 48.2 Å². The summed E-state index contributed by atoms with van der Waals surface area (Å²) >= 11 is 0. The van der Waals surface area contributed by atoms with E-state index in [0.29, 0.717) is 18.7 Å². The third-order valence-corrected chi connectivity index (χ3v) is 6.21. The Kier molecular flexibility index (Phi) is 13.8. The van der Waals surface area contributed by atoms with E-state index in [-0.39, 0.29) is 18.8 Å². The highest BCUT2D eigenvalue weighted by Crippen LogP contribution is 2.19. The van der Waals surface area contributed by atoms with Crippen LogP contribution in [0.3, 0.4) is 0 Å². The topological polar surface area (TPSA) is 213 Å². The number of aliphatic carboxylic acids is 1. The molecule has 3 amide bonds. The van der Waals surface area contributed by atoms with E-state index in [1.165, 1.54) is 6.92 Å². The average Bonchev–Trinajstić information content (AvgIpc) is 2.98. The van der Waals surface area contributed by atoms with Crippen molar-refractivity contribution in [3.63, 3.8) is 0 Å². The SMILES string of the molecule is C[C@H](N)C(=O)N[C@@H](Cc1ccccc1)C(=O)N[C@@H](CCCNC(=N)N)C(=O)Nc1ccc2ccccc2c1.O=C(O)C(F)(F)F. The van der Waals surface area contributed by atoms with Gasteiger partial charge < -0.3 is 37.8 Å². The number of carbonyl (C=O) groups is 4. The van der Waals surface area contributed by atoms with E-state index < -0.39 is 48.0 Å². The minimum Gasteiger partial charge on any atom is -0.475 e. The largest absolute Gasteiger partial charge is 0.490 e. The third-order valence-electron chi connectivity index (χ3n) is 6.21. The van der Waals surface area contributed by atoms with Crippen LogP contribution >= 0.6 is 0 Å². The zero-order valence-electron chi connectivity index (χ0n) is 24.4. The Morgan fingerprint density at radius 1 is 0.867 bits per heavy atom.